The quantitative estimate of drug-likeness (QED) is 0.920. The van der Waals surface area contributed by atoms with E-state index in [9.17, 15) is 4.39 Å². The Kier molecular flexibility index (Phi) is 4.31. The lowest BCUT2D eigenvalue weighted by Crippen LogP contribution is -2.25. The highest BCUT2D eigenvalue weighted by atomic mass is 19.1. The number of benzene rings is 1. The number of hydrogen-bond acceptors (Lipinski definition) is 3. The molecular formula is C16H20FN3O. The molecule has 0 amide bonds. The fourth-order valence-corrected chi connectivity index (χ4v) is 2.82. The molecular weight excluding hydrogens is 269 g/mol. The van der Waals surface area contributed by atoms with E-state index in [1.807, 2.05) is 6.20 Å². The summed E-state index contributed by atoms with van der Waals surface area (Å²) < 4.78 is 18.4. The van der Waals surface area contributed by atoms with E-state index in [2.05, 4.69) is 22.1 Å². The number of ether oxygens (including phenoxy) is 1. The summed E-state index contributed by atoms with van der Waals surface area (Å²) in [5, 5.41) is 7.15. The first kappa shape index (κ1) is 14.2. The van der Waals surface area contributed by atoms with Crippen LogP contribution in [0.1, 0.15) is 12.0 Å². The Balaban J connectivity index is 1.68. The molecule has 1 atom stereocenters. The number of halogens is 1. The van der Waals surface area contributed by atoms with Crippen LogP contribution >= 0.6 is 0 Å². The van der Waals surface area contributed by atoms with Gasteiger partial charge in [0.1, 0.15) is 5.82 Å². The molecule has 4 nitrogen and oxygen atoms in total. The average Bonchev–Trinajstić information content (AvgIpc) is 3.11. The highest BCUT2D eigenvalue weighted by Crippen LogP contribution is 2.23. The first-order chi connectivity index (χ1) is 10.2. The third-order valence-corrected chi connectivity index (χ3v) is 3.88. The van der Waals surface area contributed by atoms with Gasteiger partial charge in [0.15, 0.2) is 0 Å². The molecule has 1 aliphatic rings. The molecule has 0 saturated carbocycles. The molecule has 1 aromatic carbocycles. The maximum absolute atomic E-state index is 13.0. The minimum Gasteiger partial charge on any atom is -0.381 e. The lowest BCUT2D eigenvalue weighted by Gasteiger charge is -2.19. The van der Waals surface area contributed by atoms with E-state index in [0.717, 1.165) is 49.5 Å². The number of aromatic nitrogens is 2. The van der Waals surface area contributed by atoms with Gasteiger partial charge in [-0.2, -0.15) is 5.10 Å². The minimum absolute atomic E-state index is 0.224. The molecule has 0 radical (unpaired) electrons. The molecule has 1 fully saturated rings. The first-order valence-corrected chi connectivity index (χ1v) is 7.27. The number of aromatic amines is 1. The molecule has 5 heteroatoms. The molecule has 0 bridgehead atoms. The monoisotopic (exact) mass is 289 g/mol. The van der Waals surface area contributed by atoms with Crippen LogP contribution in [-0.4, -0.2) is 41.9 Å². The van der Waals surface area contributed by atoms with Gasteiger partial charge in [-0.25, -0.2) is 4.39 Å². The summed E-state index contributed by atoms with van der Waals surface area (Å²) in [5.74, 6) is 0.398. The summed E-state index contributed by atoms with van der Waals surface area (Å²) >= 11 is 0. The predicted molar refractivity (Wildman–Crippen MR) is 79.2 cm³/mol. The third-order valence-electron chi connectivity index (χ3n) is 3.88. The average molecular weight is 289 g/mol. The molecule has 1 aromatic heterocycles. The second kappa shape index (κ2) is 6.37. The zero-order valence-corrected chi connectivity index (χ0v) is 12.2. The van der Waals surface area contributed by atoms with Gasteiger partial charge in [-0.15, -0.1) is 0 Å². The maximum atomic E-state index is 13.0. The van der Waals surface area contributed by atoms with Crippen LogP contribution in [0, 0.1) is 11.7 Å². The van der Waals surface area contributed by atoms with E-state index in [-0.39, 0.29) is 5.82 Å². The van der Waals surface area contributed by atoms with Crippen LogP contribution in [-0.2, 0) is 11.3 Å². The Hall–Kier alpha value is -1.72. The number of H-pyrrole nitrogens is 1. The summed E-state index contributed by atoms with van der Waals surface area (Å²) in [5.41, 5.74) is 3.05. The van der Waals surface area contributed by atoms with Crippen molar-refractivity contribution in [2.24, 2.45) is 5.92 Å². The van der Waals surface area contributed by atoms with Crippen molar-refractivity contribution >= 4 is 0 Å². The number of nitrogens with zero attached hydrogens (tertiary/aromatic N) is 2. The Morgan fingerprint density at radius 1 is 1.38 bits per heavy atom. The van der Waals surface area contributed by atoms with Crippen molar-refractivity contribution in [2.45, 2.75) is 13.0 Å². The Bertz CT molecular complexity index is 575. The number of rotatable bonds is 5. The van der Waals surface area contributed by atoms with Crippen molar-refractivity contribution in [2.75, 3.05) is 26.8 Å². The summed E-state index contributed by atoms with van der Waals surface area (Å²) in [6.45, 7) is 3.58. The van der Waals surface area contributed by atoms with Crippen LogP contribution in [0.25, 0.3) is 11.3 Å². The highest BCUT2D eigenvalue weighted by molar-refractivity contribution is 5.62. The van der Waals surface area contributed by atoms with Gasteiger partial charge in [-0.05, 0) is 43.7 Å². The van der Waals surface area contributed by atoms with E-state index >= 15 is 0 Å². The van der Waals surface area contributed by atoms with Crippen LogP contribution in [0.3, 0.4) is 0 Å². The van der Waals surface area contributed by atoms with Crippen molar-refractivity contribution in [3.8, 4) is 11.3 Å². The molecule has 0 aliphatic carbocycles. The van der Waals surface area contributed by atoms with Crippen LogP contribution in [0.2, 0.25) is 0 Å². The third kappa shape index (κ3) is 3.49. The van der Waals surface area contributed by atoms with E-state index in [0.29, 0.717) is 5.92 Å². The molecule has 0 spiro atoms. The second-order valence-electron chi connectivity index (χ2n) is 5.70. The van der Waals surface area contributed by atoms with Crippen LogP contribution < -0.4 is 0 Å². The minimum atomic E-state index is -0.224. The van der Waals surface area contributed by atoms with Crippen molar-refractivity contribution in [1.29, 1.82) is 0 Å². The Morgan fingerprint density at radius 2 is 2.19 bits per heavy atom. The zero-order chi connectivity index (χ0) is 14.7. The van der Waals surface area contributed by atoms with E-state index in [1.54, 1.807) is 12.1 Å². The van der Waals surface area contributed by atoms with Crippen molar-refractivity contribution in [3.05, 3.63) is 41.8 Å². The van der Waals surface area contributed by atoms with Gasteiger partial charge in [-0.3, -0.25) is 5.10 Å². The summed E-state index contributed by atoms with van der Waals surface area (Å²) in [6.07, 6.45) is 2.99. The van der Waals surface area contributed by atoms with Gasteiger partial charge < -0.3 is 9.64 Å². The summed E-state index contributed by atoms with van der Waals surface area (Å²) in [4.78, 5) is 2.29. The molecule has 1 saturated heterocycles. The largest absolute Gasteiger partial charge is 0.381 e. The first-order valence-electron chi connectivity index (χ1n) is 7.27. The SMILES string of the molecule is CN(Cc1cn[nH]c1-c1ccc(F)cc1)CC1CCOC1. The molecule has 2 heterocycles. The topological polar surface area (TPSA) is 41.2 Å². The molecule has 3 rings (SSSR count). The normalized spacial score (nSPS) is 18.5. The molecule has 21 heavy (non-hydrogen) atoms. The second-order valence-corrected chi connectivity index (χ2v) is 5.70. The lowest BCUT2D eigenvalue weighted by atomic mass is 10.1. The summed E-state index contributed by atoms with van der Waals surface area (Å²) in [7, 11) is 2.11. The van der Waals surface area contributed by atoms with Crippen LogP contribution in [0.5, 0.6) is 0 Å². The van der Waals surface area contributed by atoms with Crippen LogP contribution in [0.4, 0.5) is 4.39 Å². The standard InChI is InChI=1S/C16H20FN3O/c1-20(9-12-6-7-21-11-12)10-14-8-18-19-16(14)13-2-4-15(17)5-3-13/h2-5,8,12H,6-7,9-11H2,1H3,(H,18,19). The van der Waals surface area contributed by atoms with Crippen LogP contribution in [0.15, 0.2) is 30.5 Å². The summed E-state index contributed by atoms with van der Waals surface area (Å²) in [6, 6.07) is 6.49. The van der Waals surface area contributed by atoms with Gasteiger partial charge in [0.2, 0.25) is 0 Å². The number of nitrogens with one attached hydrogen (secondary N) is 1. The van der Waals surface area contributed by atoms with Gasteiger partial charge >= 0.3 is 0 Å². The van der Waals surface area contributed by atoms with Crippen molar-refractivity contribution < 1.29 is 9.13 Å². The smallest absolute Gasteiger partial charge is 0.123 e. The van der Waals surface area contributed by atoms with Crippen molar-refractivity contribution in [3.63, 3.8) is 0 Å². The molecule has 1 aliphatic heterocycles. The van der Waals surface area contributed by atoms with Gasteiger partial charge in [-0.1, -0.05) is 0 Å². The fourth-order valence-electron chi connectivity index (χ4n) is 2.82. The Labute approximate surface area is 123 Å². The highest BCUT2D eigenvalue weighted by Gasteiger charge is 2.18. The van der Waals surface area contributed by atoms with E-state index in [1.165, 1.54) is 12.1 Å². The lowest BCUT2D eigenvalue weighted by molar-refractivity contribution is 0.173. The Morgan fingerprint density at radius 3 is 2.90 bits per heavy atom. The maximum Gasteiger partial charge on any atom is 0.123 e. The van der Waals surface area contributed by atoms with Gasteiger partial charge in [0.25, 0.3) is 0 Å². The van der Waals surface area contributed by atoms with E-state index < -0.39 is 0 Å². The fraction of sp³-hybridized carbons (Fsp3) is 0.438. The predicted octanol–water partition coefficient (Wildman–Crippen LogP) is 2.68. The molecule has 1 unspecified atom stereocenters. The van der Waals surface area contributed by atoms with Crippen molar-refractivity contribution in [1.82, 2.24) is 15.1 Å². The molecule has 2 aromatic rings. The molecule has 112 valence electrons. The van der Waals surface area contributed by atoms with E-state index in [4.69, 9.17) is 4.74 Å². The van der Waals surface area contributed by atoms with Gasteiger partial charge in [0, 0.05) is 30.8 Å². The number of hydrogen-bond donors (Lipinski definition) is 1. The zero-order valence-electron chi connectivity index (χ0n) is 12.2. The van der Waals surface area contributed by atoms with Gasteiger partial charge in [0.05, 0.1) is 18.5 Å². The molecule has 1 N–H and O–H groups in total.